The highest BCUT2D eigenvalue weighted by atomic mass is 35.5. The number of para-hydroxylation sites is 1. The van der Waals surface area contributed by atoms with Gasteiger partial charge in [-0.05, 0) is 25.0 Å². The molecule has 0 spiro atoms. The van der Waals surface area contributed by atoms with Crippen LogP contribution in [0.2, 0.25) is 5.02 Å². The number of halogens is 1. The maximum atomic E-state index is 12.6. The van der Waals surface area contributed by atoms with Crippen LogP contribution < -0.4 is 4.90 Å². The molecule has 104 valence electrons. The average Bonchev–Trinajstić information content (AvgIpc) is 2.95. The molecule has 1 atom stereocenters. The summed E-state index contributed by atoms with van der Waals surface area (Å²) in [6.45, 7) is 0.718. The SMILES string of the molecule is O=C1C(Sc2nncs2)CCCN1c1ccccc1Cl. The average molecular weight is 326 g/mol. The molecule has 0 saturated carbocycles. The van der Waals surface area contributed by atoms with Crippen molar-refractivity contribution in [2.24, 2.45) is 0 Å². The van der Waals surface area contributed by atoms with E-state index in [4.69, 9.17) is 11.6 Å². The van der Waals surface area contributed by atoms with E-state index in [0.29, 0.717) is 5.02 Å². The minimum atomic E-state index is -0.104. The first-order valence-corrected chi connectivity index (χ1v) is 8.38. The standard InChI is InChI=1S/C13H12ClN3OS2/c14-9-4-1-2-5-10(9)17-7-3-6-11(12(17)18)20-13-16-15-8-19-13/h1-2,4-5,8,11H,3,6-7H2. The van der Waals surface area contributed by atoms with Crippen molar-refractivity contribution in [2.75, 3.05) is 11.4 Å². The number of anilines is 1. The monoisotopic (exact) mass is 325 g/mol. The van der Waals surface area contributed by atoms with Crippen LogP contribution in [-0.4, -0.2) is 27.9 Å². The van der Waals surface area contributed by atoms with E-state index in [2.05, 4.69) is 10.2 Å². The second-order valence-corrected chi connectivity index (χ2v) is 7.08. The van der Waals surface area contributed by atoms with Crippen LogP contribution in [0.4, 0.5) is 5.69 Å². The molecule has 1 unspecified atom stereocenters. The van der Waals surface area contributed by atoms with E-state index in [1.807, 2.05) is 24.3 Å². The van der Waals surface area contributed by atoms with Crippen LogP contribution in [0.5, 0.6) is 0 Å². The van der Waals surface area contributed by atoms with Crippen LogP contribution in [0.25, 0.3) is 0 Å². The normalized spacial score (nSPS) is 19.4. The Morgan fingerprint density at radius 1 is 1.40 bits per heavy atom. The number of carbonyl (C=O) groups is 1. The van der Waals surface area contributed by atoms with E-state index in [0.717, 1.165) is 29.4 Å². The summed E-state index contributed by atoms with van der Waals surface area (Å²) < 4.78 is 0.837. The first kappa shape index (κ1) is 13.9. The smallest absolute Gasteiger partial charge is 0.240 e. The molecular formula is C13H12ClN3OS2. The molecule has 3 rings (SSSR count). The number of piperidine rings is 1. The highest BCUT2D eigenvalue weighted by molar-refractivity contribution is 8.02. The van der Waals surface area contributed by atoms with Crippen LogP contribution in [0.3, 0.4) is 0 Å². The van der Waals surface area contributed by atoms with E-state index < -0.39 is 0 Å². The van der Waals surface area contributed by atoms with Crippen molar-refractivity contribution in [3.8, 4) is 0 Å². The molecule has 1 aliphatic heterocycles. The zero-order valence-corrected chi connectivity index (χ0v) is 12.9. The number of hydrogen-bond acceptors (Lipinski definition) is 5. The molecule has 1 saturated heterocycles. The van der Waals surface area contributed by atoms with Crippen LogP contribution >= 0.6 is 34.7 Å². The van der Waals surface area contributed by atoms with E-state index >= 15 is 0 Å². The van der Waals surface area contributed by atoms with Crippen molar-refractivity contribution in [2.45, 2.75) is 22.4 Å². The Morgan fingerprint density at radius 3 is 3.00 bits per heavy atom. The van der Waals surface area contributed by atoms with Gasteiger partial charge in [-0.3, -0.25) is 4.79 Å². The number of nitrogens with zero attached hydrogens (tertiary/aromatic N) is 3. The summed E-state index contributed by atoms with van der Waals surface area (Å²) in [6.07, 6.45) is 1.83. The summed E-state index contributed by atoms with van der Waals surface area (Å²) in [5, 5.41) is 8.31. The van der Waals surface area contributed by atoms with Crippen molar-refractivity contribution in [3.05, 3.63) is 34.8 Å². The minimum absolute atomic E-state index is 0.101. The maximum Gasteiger partial charge on any atom is 0.240 e. The van der Waals surface area contributed by atoms with Crippen molar-refractivity contribution >= 4 is 46.3 Å². The van der Waals surface area contributed by atoms with Gasteiger partial charge in [-0.2, -0.15) is 0 Å². The number of carbonyl (C=O) groups excluding carboxylic acids is 1. The third kappa shape index (κ3) is 2.82. The molecule has 1 fully saturated rings. The molecule has 2 aromatic rings. The largest absolute Gasteiger partial charge is 0.310 e. The fraction of sp³-hybridized carbons (Fsp3) is 0.308. The molecule has 0 aliphatic carbocycles. The van der Waals surface area contributed by atoms with Gasteiger partial charge in [-0.15, -0.1) is 10.2 Å². The molecule has 7 heteroatoms. The molecule has 0 radical (unpaired) electrons. The summed E-state index contributed by atoms with van der Waals surface area (Å²) in [4.78, 5) is 14.4. The Bertz CT molecular complexity index is 605. The van der Waals surface area contributed by atoms with Gasteiger partial charge in [0.25, 0.3) is 0 Å². The second kappa shape index (κ2) is 6.11. The molecule has 0 bridgehead atoms. The van der Waals surface area contributed by atoms with Gasteiger partial charge >= 0.3 is 0 Å². The third-order valence-corrected chi connectivity index (χ3v) is 5.50. The van der Waals surface area contributed by atoms with Crippen molar-refractivity contribution in [3.63, 3.8) is 0 Å². The lowest BCUT2D eigenvalue weighted by molar-refractivity contribution is -0.119. The predicted octanol–water partition coefficient (Wildman–Crippen LogP) is 3.48. The number of aromatic nitrogens is 2. The topological polar surface area (TPSA) is 46.1 Å². The van der Waals surface area contributed by atoms with Gasteiger partial charge in [0, 0.05) is 6.54 Å². The second-order valence-electron chi connectivity index (χ2n) is 4.39. The molecule has 20 heavy (non-hydrogen) atoms. The fourth-order valence-corrected chi connectivity index (χ4v) is 4.26. The molecular weight excluding hydrogens is 314 g/mol. The summed E-state index contributed by atoms with van der Waals surface area (Å²) in [5.41, 5.74) is 2.48. The van der Waals surface area contributed by atoms with Crippen LogP contribution in [0.1, 0.15) is 12.8 Å². The zero-order valence-electron chi connectivity index (χ0n) is 10.5. The first-order chi connectivity index (χ1) is 9.75. The van der Waals surface area contributed by atoms with Gasteiger partial charge in [0.05, 0.1) is 16.0 Å². The highest BCUT2D eigenvalue weighted by Crippen LogP contribution is 2.35. The number of thioether (sulfide) groups is 1. The molecule has 1 amide bonds. The molecule has 0 N–H and O–H groups in total. The van der Waals surface area contributed by atoms with Crippen molar-refractivity contribution < 1.29 is 4.79 Å². The molecule has 1 aromatic heterocycles. The van der Waals surface area contributed by atoms with E-state index in [1.54, 1.807) is 10.4 Å². The third-order valence-electron chi connectivity index (χ3n) is 3.12. The lowest BCUT2D eigenvalue weighted by atomic mass is 10.1. The summed E-state index contributed by atoms with van der Waals surface area (Å²) in [7, 11) is 0. The van der Waals surface area contributed by atoms with Gasteiger partial charge in [0.15, 0.2) is 4.34 Å². The quantitative estimate of drug-likeness (QED) is 0.866. The zero-order chi connectivity index (χ0) is 13.9. The maximum absolute atomic E-state index is 12.6. The van der Waals surface area contributed by atoms with Gasteiger partial charge < -0.3 is 4.90 Å². The molecule has 4 nitrogen and oxygen atoms in total. The highest BCUT2D eigenvalue weighted by Gasteiger charge is 2.31. The number of benzene rings is 1. The summed E-state index contributed by atoms with van der Waals surface area (Å²) in [6, 6.07) is 7.47. The Hall–Kier alpha value is -1.11. The van der Waals surface area contributed by atoms with E-state index in [9.17, 15) is 4.79 Å². The Kier molecular flexibility index (Phi) is 4.24. The first-order valence-electron chi connectivity index (χ1n) is 6.24. The molecule has 2 heterocycles. The lowest BCUT2D eigenvalue weighted by Gasteiger charge is -2.32. The van der Waals surface area contributed by atoms with Crippen LogP contribution in [0.15, 0.2) is 34.1 Å². The van der Waals surface area contributed by atoms with E-state index in [-0.39, 0.29) is 11.2 Å². The van der Waals surface area contributed by atoms with Crippen molar-refractivity contribution in [1.29, 1.82) is 0 Å². The lowest BCUT2D eigenvalue weighted by Crippen LogP contribution is -2.43. The Balaban J connectivity index is 1.80. The number of rotatable bonds is 3. The van der Waals surface area contributed by atoms with Gasteiger partial charge in [-0.25, -0.2) is 0 Å². The van der Waals surface area contributed by atoms with Gasteiger partial charge in [0.1, 0.15) is 5.51 Å². The number of hydrogen-bond donors (Lipinski definition) is 0. The van der Waals surface area contributed by atoms with Crippen molar-refractivity contribution in [1.82, 2.24) is 10.2 Å². The minimum Gasteiger partial charge on any atom is -0.310 e. The van der Waals surface area contributed by atoms with Gasteiger partial charge in [0.2, 0.25) is 5.91 Å². The Labute approximate surface area is 130 Å². The van der Waals surface area contributed by atoms with E-state index in [1.165, 1.54) is 23.1 Å². The van der Waals surface area contributed by atoms with Crippen LogP contribution in [0, 0.1) is 0 Å². The number of amides is 1. The predicted molar refractivity (Wildman–Crippen MR) is 82.6 cm³/mol. The van der Waals surface area contributed by atoms with Crippen LogP contribution in [-0.2, 0) is 4.79 Å². The van der Waals surface area contributed by atoms with Gasteiger partial charge in [-0.1, -0.05) is 46.8 Å². The molecule has 1 aromatic carbocycles. The summed E-state index contributed by atoms with van der Waals surface area (Å²) >= 11 is 9.15. The fourth-order valence-electron chi connectivity index (χ4n) is 2.20. The Morgan fingerprint density at radius 2 is 2.25 bits per heavy atom. The summed E-state index contributed by atoms with van der Waals surface area (Å²) in [5.74, 6) is 0.101. The molecule has 1 aliphatic rings.